The highest BCUT2D eigenvalue weighted by atomic mass is 32.1. The summed E-state index contributed by atoms with van der Waals surface area (Å²) in [4.78, 5) is 12.8. The lowest BCUT2D eigenvalue weighted by Gasteiger charge is -2.41. The second kappa shape index (κ2) is 3.98. The third-order valence-electron chi connectivity index (χ3n) is 3.14. The number of carboxylic acid groups (broad SMARTS) is 1. The highest BCUT2D eigenvalue weighted by Gasteiger charge is 2.35. The molecule has 0 aromatic heterocycles. The van der Waals surface area contributed by atoms with Gasteiger partial charge in [0.05, 0.1) is 0 Å². The van der Waals surface area contributed by atoms with E-state index in [0.717, 1.165) is 32.4 Å². The molecule has 0 aromatic rings. The first-order valence-electron chi connectivity index (χ1n) is 5.06. The Morgan fingerprint density at radius 3 is 2.71 bits per heavy atom. The van der Waals surface area contributed by atoms with Crippen molar-refractivity contribution in [2.45, 2.75) is 36.6 Å². The molecular formula is C9H16N2O2S. The Kier molecular flexibility index (Phi) is 2.88. The molecule has 1 amide bonds. The van der Waals surface area contributed by atoms with E-state index in [9.17, 15) is 4.79 Å². The average molecular weight is 216 g/mol. The van der Waals surface area contributed by atoms with Crippen LogP contribution in [0, 0.1) is 0 Å². The van der Waals surface area contributed by atoms with Gasteiger partial charge in [-0.3, -0.25) is 4.90 Å². The normalized spacial score (nSPS) is 34.1. The number of amides is 1. The Morgan fingerprint density at radius 2 is 2.14 bits per heavy atom. The first-order chi connectivity index (χ1) is 6.65. The highest BCUT2D eigenvalue weighted by Crippen LogP contribution is 2.28. The number of hydrogen-bond acceptors (Lipinski definition) is 3. The van der Waals surface area contributed by atoms with E-state index >= 15 is 0 Å². The first kappa shape index (κ1) is 10.1. The van der Waals surface area contributed by atoms with Gasteiger partial charge in [-0.2, -0.15) is 12.6 Å². The SMILES string of the molecule is O=C(O)N[C@@H]1CC[C@H](N2CC(S)C2)C1. The molecule has 2 aliphatic rings. The van der Waals surface area contributed by atoms with Gasteiger partial charge in [0.1, 0.15) is 0 Å². The molecule has 5 heteroatoms. The molecule has 2 fully saturated rings. The number of nitrogens with zero attached hydrogens (tertiary/aromatic N) is 1. The molecule has 0 bridgehead atoms. The minimum absolute atomic E-state index is 0.163. The molecule has 0 spiro atoms. The van der Waals surface area contributed by atoms with Crippen LogP contribution in [-0.2, 0) is 0 Å². The van der Waals surface area contributed by atoms with Gasteiger partial charge in [-0.1, -0.05) is 0 Å². The zero-order chi connectivity index (χ0) is 10.1. The van der Waals surface area contributed by atoms with Crippen LogP contribution in [0.15, 0.2) is 0 Å². The zero-order valence-corrected chi connectivity index (χ0v) is 8.91. The summed E-state index contributed by atoms with van der Waals surface area (Å²) in [6, 6.07) is 0.742. The van der Waals surface area contributed by atoms with Crippen molar-refractivity contribution in [3.05, 3.63) is 0 Å². The number of thiol groups is 1. The highest BCUT2D eigenvalue weighted by molar-refractivity contribution is 7.81. The van der Waals surface area contributed by atoms with Crippen molar-refractivity contribution < 1.29 is 9.90 Å². The van der Waals surface area contributed by atoms with Crippen molar-refractivity contribution in [3.63, 3.8) is 0 Å². The molecule has 2 rings (SSSR count). The standard InChI is InChI=1S/C9H16N2O2S/c12-9(13)10-6-1-2-7(3-6)11-4-8(14)5-11/h6-8,10,14H,1-5H2,(H,12,13)/t6-,7+/m1/s1. The van der Waals surface area contributed by atoms with Gasteiger partial charge in [0.2, 0.25) is 0 Å². The maximum Gasteiger partial charge on any atom is 0.404 e. The van der Waals surface area contributed by atoms with Crippen LogP contribution in [0.4, 0.5) is 4.79 Å². The van der Waals surface area contributed by atoms with Crippen molar-refractivity contribution in [2.75, 3.05) is 13.1 Å². The van der Waals surface area contributed by atoms with Gasteiger partial charge < -0.3 is 10.4 Å². The number of likely N-dealkylation sites (tertiary alicyclic amines) is 1. The van der Waals surface area contributed by atoms with Gasteiger partial charge in [0, 0.05) is 30.4 Å². The molecule has 1 saturated carbocycles. The monoisotopic (exact) mass is 216 g/mol. The van der Waals surface area contributed by atoms with Gasteiger partial charge in [-0.15, -0.1) is 0 Å². The molecular weight excluding hydrogens is 200 g/mol. The van der Waals surface area contributed by atoms with E-state index < -0.39 is 6.09 Å². The Hall–Kier alpha value is -0.420. The molecule has 14 heavy (non-hydrogen) atoms. The summed E-state index contributed by atoms with van der Waals surface area (Å²) in [5.74, 6) is 0. The average Bonchev–Trinajstić information content (AvgIpc) is 2.46. The molecule has 0 radical (unpaired) electrons. The van der Waals surface area contributed by atoms with Gasteiger partial charge in [-0.25, -0.2) is 4.79 Å². The molecule has 2 atom stereocenters. The summed E-state index contributed by atoms with van der Waals surface area (Å²) >= 11 is 4.36. The van der Waals surface area contributed by atoms with Crippen LogP contribution in [0.3, 0.4) is 0 Å². The van der Waals surface area contributed by atoms with Crippen molar-refractivity contribution in [1.82, 2.24) is 10.2 Å². The van der Waals surface area contributed by atoms with E-state index in [2.05, 4.69) is 22.8 Å². The van der Waals surface area contributed by atoms with E-state index in [0.29, 0.717) is 11.3 Å². The van der Waals surface area contributed by atoms with Crippen molar-refractivity contribution in [1.29, 1.82) is 0 Å². The van der Waals surface area contributed by atoms with Crippen LogP contribution in [0.1, 0.15) is 19.3 Å². The number of nitrogens with one attached hydrogen (secondary N) is 1. The minimum atomic E-state index is -0.897. The largest absolute Gasteiger partial charge is 0.465 e. The molecule has 1 saturated heterocycles. The molecule has 2 N–H and O–H groups in total. The topological polar surface area (TPSA) is 52.6 Å². The lowest BCUT2D eigenvalue weighted by molar-refractivity contribution is 0.127. The number of rotatable bonds is 2. The second-order valence-corrected chi connectivity index (χ2v) is 4.95. The summed E-state index contributed by atoms with van der Waals surface area (Å²) in [5.41, 5.74) is 0. The van der Waals surface area contributed by atoms with E-state index in [1.807, 2.05) is 0 Å². The van der Waals surface area contributed by atoms with Crippen molar-refractivity contribution >= 4 is 18.7 Å². The van der Waals surface area contributed by atoms with Crippen LogP contribution >= 0.6 is 12.6 Å². The minimum Gasteiger partial charge on any atom is -0.465 e. The van der Waals surface area contributed by atoms with Gasteiger partial charge in [-0.05, 0) is 19.3 Å². The van der Waals surface area contributed by atoms with E-state index in [1.54, 1.807) is 0 Å². The summed E-state index contributed by atoms with van der Waals surface area (Å²) in [6.07, 6.45) is 2.16. The Morgan fingerprint density at radius 1 is 1.43 bits per heavy atom. The lowest BCUT2D eigenvalue weighted by atomic mass is 10.1. The lowest BCUT2D eigenvalue weighted by Crippen LogP contribution is -2.52. The predicted molar refractivity (Wildman–Crippen MR) is 56.9 cm³/mol. The predicted octanol–water partition coefficient (Wildman–Crippen LogP) is 0.789. The Labute approximate surface area is 89.1 Å². The smallest absolute Gasteiger partial charge is 0.404 e. The summed E-state index contributed by atoms with van der Waals surface area (Å²) in [7, 11) is 0. The maximum atomic E-state index is 10.4. The molecule has 1 heterocycles. The van der Waals surface area contributed by atoms with E-state index in [4.69, 9.17) is 5.11 Å². The Bertz CT molecular complexity index is 231. The molecule has 4 nitrogen and oxygen atoms in total. The van der Waals surface area contributed by atoms with Crippen molar-refractivity contribution in [2.24, 2.45) is 0 Å². The number of hydrogen-bond donors (Lipinski definition) is 3. The quantitative estimate of drug-likeness (QED) is 0.598. The maximum absolute atomic E-state index is 10.4. The third-order valence-corrected chi connectivity index (χ3v) is 3.47. The Balaban J connectivity index is 1.74. The van der Waals surface area contributed by atoms with Crippen LogP contribution in [0.25, 0.3) is 0 Å². The fourth-order valence-corrected chi connectivity index (χ4v) is 2.80. The van der Waals surface area contributed by atoms with E-state index in [-0.39, 0.29) is 6.04 Å². The molecule has 0 unspecified atom stereocenters. The van der Waals surface area contributed by atoms with Crippen LogP contribution in [-0.4, -0.2) is 46.5 Å². The molecule has 1 aliphatic heterocycles. The van der Waals surface area contributed by atoms with Crippen LogP contribution in [0.5, 0.6) is 0 Å². The fraction of sp³-hybridized carbons (Fsp3) is 0.889. The zero-order valence-electron chi connectivity index (χ0n) is 8.02. The second-order valence-electron chi connectivity index (χ2n) is 4.22. The van der Waals surface area contributed by atoms with Gasteiger partial charge >= 0.3 is 6.09 Å². The van der Waals surface area contributed by atoms with Gasteiger partial charge in [0.25, 0.3) is 0 Å². The van der Waals surface area contributed by atoms with E-state index in [1.165, 1.54) is 0 Å². The van der Waals surface area contributed by atoms with Crippen LogP contribution in [0.2, 0.25) is 0 Å². The third kappa shape index (κ3) is 2.15. The van der Waals surface area contributed by atoms with Crippen molar-refractivity contribution in [3.8, 4) is 0 Å². The first-order valence-corrected chi connectivity index (χ1v) is 5.58. The summed E-state index contributed by atoms with van der Waals surface area (Å²) < 4.78 is 0. The molecule has 0 aromatic carbocycles. The molecule has 80 valence electrons. The summed E-state index contributed by atoms with van der Waals surface area (Å²) in [6.45, 7) is 2.13. The summed E-state index contributed by atoms with van der Waals surface area (Å²) in [5, 5.41) is 11.7. The number of carbonyl (C=O) groups is 1. The van der Waals surface area contributed by atoms with Crippen LogP contribution < -0.4 is 5.32 Å². The molecule has 1 aliphatic carbocycles. The van der Waals surface area contributed by atoms with Gasteiger partial charge in [0.15, 0.2) is 0 Å². The fourth-order valence-electron chi connectivity index (χ4n) is 2.38.